The molecule has 3 nitrogen and oxygen atoms in total. The van der Waals surface area contributed by atoms with Crippen LogP contribution in [-0.4, -0.2) is 36.5 Å². The molecule has 1 unspecified atom stereocenters. The second-order valence-electron chi connectivity index (χ2n) is 3.94. The van der Waals surface area contributed by atoms with E-state index in [1.807, 2.05) is 14.0 Å². The van der Waals surface area contributed by atoms with Gasteiger partial charge in [-0.25, -0.2) is 0 Å². The Balaban J connectivity index is 2.67. The maximum absolute atomic E-state index is 5.49. The van der Waals surface area contributed by atoms with Crippen molar-refractivity contribution in [3.8, 4) is 12.3 Å². The van der Waals surface area contributed by atoms with Gasteiger partial charge in [0.15, 0.2) is 5.96 Å². The van der Waals surface area contributed by atoms with Gasteiger partial charge in [-0.05, 0) is 19.8 Å². The Morgan fingerprint density at radius 2 is 2.43 bits per heavy atom. The number of hydrogen-bond acceptors (Lipinski definition) is 3. The standard InChI is InChI=1S/C11H19N3/c1-5-11(3,6-2)13-10-12-8-7-9-14(10)4/h1H,6-9H2,2-4H3,(H,12,13). The molecule has 1 atom stereocenters. The van der Waals surface area contributed by atoms with Gasteiger partial charge in [-0.1, -0.05) is 12.8 Å². The molecule has 0 spiro atoms. The molecule has 0 amide bonds. The number of nitrogens with one attached hydrogen (secondary N) is 1. The van der Waals surface area contributed by atoms with E-state index in [0.717, 1.165) is 31.9 Å². The molecule has 0 fully saturated rings. The summed E-state index contributed by atoms with van der Waals surface area (Å²) >= 11 is 0. The van der Waals surface area contributed by atoms with Crippen molar-refractivity contribution >= 4 is 5.96 Å². The molecule has 0 aromatic rings. The average molecular weight is 193 g/mol. The van der Waals surface area contributed by atoms with Crippen molar-refractivity contribution in [2.75, 3.05) is 20.1 Å². The van der Waals surface area contributed by atoms with Crippen LogP contribution in [0.4, 0.5) is 0 Å². The topological polar surface area (TPSA) is 27.6 Å². The zero-order valence-corrected chi connectivity index (χ0v) is 9.30. The first-order valence-corrected chi connectivity index (χ1v) is 5.13. The fourth-order valence-electron chi connectivity index (χ4n) is 1.33. The van der Waals surface area contributed by atoms with E-state index < -0.39 is 0 Å². The van der Waals surface area contributed by atoms with Gasteiger partial charge in [-0.15, -0.1) is 6.42 Å². The van der Waals surface area contributed by atoms with Gasteiger partial charge in [-0.2, -0.15) is 0 Å². The Morgan fingerprint density at radius 1 is 1.71 bits per heavy atom. The van der Waals surface area contributed by atoms with Crippen LogP contribution in [0.1, 0.15) is 26.7 Å². The van der Waals surface area contributed by atoms with Crippen molar-refractivity contribution in [3.63, 3.8) is 0 Å². The van der Waals surface area contributed by atoms with Crippen LogP contribution < -0.4 is 5.32 Å². The average Bonchev–Trinajstić information content (AvgIpc) is 2.21. The van der Waals surface area contributed by atoms with Crippen LogP contribution in [0.2, 0.25) is 0 Å². The lowest BCUT2D eigenvalue weighted by atomic mass is 10.0. The third-order valence-corrected chi connectivity index (χ3v) is 2.69. The second-order valence-corrected chi connectivity index (χ2v) is 3.94. The zero-order valence-electron chi connectivity index (χ0n) is 9.30. The van der Waals surface area contributed by atoms with E-state index in [0.29, 0.717) is 0 Å². The van der Waals surface area contributed by atoms with Gasteiger partial charge in [0.2, 0.25) is 0 Å². The fourth-order valence-corrected chi connectivity index (χ4v) is 1.33. The van der Waals surface area contributed by atoms with Gasteiger partial charge < -0.3 is 10.2 Å². The van der Waals surface area contributed by atoms with Crippen molar-refractivity contribution < 1.29 is 0 Å². The molecule has 0 saturated carbocycles. The van der Waals surface area contributed by atoms with E-state index in [9.17, 15) is 0 Å². The minimum Gasteiger partial charge on any atom is -0.346 e. The van der Waals surface area contributed by atoms with Crippen LogP contribution >= 0.6 is 0 Å². The van der Waals surface area contributed by atoms with Gasteiger partial charge in [0.25, 0.3) is 0 Å². The van der Waals surface area contributed by atoms with Crippen molar-refractivity contribution in [1.82, 2.24) is 10.2 Å². The van der Waals surface area contributed by atoms with Crippen LogP contribution in [0.5, 0.6) is 0 Å². The summed E-state index contributed by atoms with van der Waals surface area (Å²) in [7, 11) is 2.04. The Morgan fingerprint density at radius 3 is 2.93 bits per heavy atom. The van der Waals surface area contributed by atoms with Crippen LogP contribution in [0.25, 0.3) is 0 Å². The molecule has 0 saturated heterocycles. The van der Waals surface area contributed by atoms with Crippen LogP contribution in [0.15, 0.2) is 4.99 Å². The molecule has 0 aromatic heterocycles. The number of rotatable bonds is 2. The monoisotopic (exact) mass is 193 g/mol. The molecule has 1 rings (SSSR count). The summed E-state index contributed by atoms with van der Waals surface area (Å²) in [4.78, 5) is 6.55. The lowest BCUT2D eigenvalue weighted by Crippen LogP contribution is -2.52. The van der Waals surface area contributed by atoms with Crippen molar-refractivity contribution in [3.05, 3.63) is 0 Å². The summed E-state index contributed by atoms with van der Waals surface area (Å²) in [5.74, 6) is 3.71. The Labute approximate surface area is 86.6 Å². The molecule has 1 N–H and O–H groups in total. The summed E-state index contributed by atoms with van der Waals surface area (Å²) in [5, 5.41) is 3.32. The van der Waals surface area contributed by atoms with E-state index >= 15 is 0 Å². The highest BCUT2D eigenvalue weighted by Crippen LogP contribution is 2.09. The molecular formula is C11H19N3. The van der Waals surface area contributed by atoms with Gasteiger partial charge in [0.05, 0.1) is 5.54 Å². The predicted molar refractivity (Wildman–Crippen MR) is 60.2 cm³/mol. The van der Waals surface area contributed by atoms with E-state index in [2.05, 4.69) is 28.1 Å². The SMILES string of the molecule is C#CC(C)(CC)NC1=NCCCN1C. The Hall–Kier alpha value is -1.17. The third kappa shape index (κ3) is 2.41. The van der Waals surface area contributed by atoms with Gasteiger partial charge in [0.1, 0.15) is 0 Å². The zero-order chi connectivity index (χ0) is 10.6. The quantitative estimate of drug-likeness (QED) is 0.664. The van der Waals surface area contributed by atoms with Crippen molar-refractivity contribution in [2.45, 2.75) is 32.2 Å². The van der Waals surface area contributed by atoms with Crippen LogP contribution in [0.3, 0.4) is 0 Å². The normalized spacial score (nSPS) is 20.7. The van der Waals surface area contributed by atoms with E-state index in [1.54, 1.807) is 0 Å². The molecule has 0 aromatic carbocycles. The lowest BCUT2D eigenvalue weighted by molar-refractivity contribution is 0.412. The van der Waals surface area contributed by atoms with E-state index in [4.69, 9.17) is 6.42 Å². The number of aliphatic imine (C=N–C) groups is 1. The van der Waals surface area contributed by atoms with Crippen molar-refractivity contribution in [1.29, 1.82) is 0 Å². The first kappa shape index (κ1) is 10.9. The molecule has 14 heavy (non-hydrogen) atoms. The van der Waals surface area contributed by atoms with Gasteiger partial charge >= 0.3 is 0 Å². The molecule has 3 heteroatoms. The molecule has 0 bridgehead atoms. The number of hydrogen-bond donors (Lipinski definition) is 1. The second kappa shape index (κ2) is 4.36. The maximum atomic E-state index is 5.49. The Bertz CT molecular complexity index is 264. The number of nitrogens with zero attached hydrogens (tertiary/aromatic N) is 2. The van der Waals surface area contributed by atoms with E-state index in [-0.39, 0.29) is 5.54 Å². The first-order valence-electron chi connectivity index (χ1n) is 5.13. The Kier molecular flexibility index (Phi) is 3.40. The lowest BCUT2D eigenvalue weighted by Gasteiger charge is -2.32. The van der Waals surface area contributed by atoms with E-state index in [1.165, 1.54) is 0 Å². The summed E-state index contributed by atoms with van der Waals surface area (Å²) in [6, 6.07) is 0. The minimum atomic E-state index is -0.273. The smallest absolute Gasteiger partial charge is 0.194 e. The fraction of sp³-hybridized carbons (Fsp3) is 0.727. The third-order valence-electron chi connectivity index (χ3n) is 2.69. The minimum absolute atomic E-state index is 0.273. The largest absolute Gasteiger partial charge is 0.346 e. The summed E-state index contributed by atoms with van der Waals surface area (Å²) in [6.45, 7) is 6.06. The van der Waals surface area contributed by atoms with Gasteiger partial charge in [-0.3, -0.25) is 4.99 Å². The molecule has 0 aliphatic carbocycles. The highest BCUT2D eigenvalue weighted by Gasteiger charge is 2.22. The summed E-state index contributed by atoms with van der Waals surface area (Å²) in [6.07, 6.45) is 7.52. The maximum Gasteiger partial charge on any atom is 0.194 e. The first-order chi connectivity index (χ1) is 6.61. The van der Waals surface area contributed by atoms with Crippen LogP contribution in [0, 0.1) is 12.3 Å². The number of guanidine groups is 1. The highest BCUT2D eigenvalue weighted by molar-refractivity contribution is 5.81. The van der Waals surface area contributed by atoms with Crippen molar-refractivity contribution in [2.24, 2.45) is 4.99 Å². The molecule has 1 aliphatic rings. The highest BCUT2D eigenvalue weighted by atomic mass is 15.3. The summed E-state index contributed by atoms with van der Waals surface area (Å²) < 4.78 is 0. The van der Waals surface area contributed by atoms with Crippen LogP contribution in [-0.2, 0) is 0 Å². The summed E-state index contributed by atoms with van der Waals surface area (Å²) in [5.41, 5.74) is -0.273. The predicted octanol–water partition coefficient (Wildman–Crippen LogP) is 1.07. The molecular weight excluding hydrogens is 174 g/mol. The number of terminal acetylenes is 1. The molecule has 1 aliphatic heterocycles. The molecule has 0 radical (unpaired) electrons. The van der Waals surface area contributed by atoms with Gasteiger partial charge in [0, 0.05) is 20.1 Å². The molecule has 78 valence electrons. The molecule has 1 heterocycles.